The minimum atomic E-state index is -4.49. The summed E-state index contributed by atoms with van der Waals surface area (Å²) in [5.74, 6) is 0.321. The third-order valence-corrected chi connectivity index (χ3v) is 3.38. The topological polar surface area (TPSA) is 78.5 Å². The lowest BCUT2D eigenvalue weighted by Crippen LogP contribution is -2.04. The van der Waals surface area contributed by atoms with Crippen LogP contribution in [0.1, 0.15) is 11.3 Å². The second-order valence-corrected chi connectivity index (χ2v) is 4.90. The van der Waals surface area contributed by atoms with Crippen molar-refractivity contribution >= 4 is 11.6 Å². The molecule has 3 aromatic rings. The van der Waals surface area contributed by atoms with Gasteiger partial charge in [0.25, 0.3) is 0 Å². The van der Waals surface area contributed by atoms with Crippen LogP contribution in [0, 0.1) is 11.3 Å². The first kappa shape index (κ1) is 15.1. The Kier molecular flexibility index (Phi) is 3.58. The molecule has 0 spiro atoms. The zero-order valence-corrected chi connectivity index (χ0v) is 11.9. The Labute approximate surface area is 132 Å². The lowest BCUT2D eigenvalue weighted by atomic mass is 10.1. The molecule has 0 radical (unpaired) electrons. The molecule has 0 aliphatic rings. The van der Waals surface area contributed by atoms with Gasteiger partial charge in [0.1, 0.15) is 11.8 Å². The minimum Gasteiger partial charge on any atom is -0.454 e. The Morgan fingerprint density at radius 1 is 1.13 bits per heavy atom. The number of hydrogen-bond acceptors (Lipinski definition) is 4. The fourth-order valence-electron chi connectivity index (χ4n) is 1.98. The van der Waals surface area contributed by atoms with Crippen molar-refractivity contribution in [3.8, 4) is 28.8 Å². The van der Waals surface area contributed by atoms with Crippen molar-refractivity contribution in [2.45, 2.75) is 6.18 Å². The summed E-state index contributed by atoms with van der Waals surface area (Å²) in [4.78, 5) is 0. The number of aromatic amines is 1. The average molecular weight is 339 g/mol. The molecule has 2 heterocycles. The number of rotatable bonds is 2. The Hall–Kier alpha value is -2.79. The van der Waals surface area contributed by atoms with Crippen LogP contribution in [0.25, 0.3) is 22.8 Å². The summed E-state index contributed by atoms with van der Waals surface area (Å²) in [5.41, 5.74) is -0.563. The van der Waals surface area contributed by atoms with E-state index in [0.717, 1.165) is 18.2 Å². The van der Waals surface area contributed by atoms with E-state index in [-0.39, 0.29) is 33.5 Å². The molecule has 0 saturated heterocycles. The summed E-state index contributed by atoms with van der Waals surface area (Å²) in [6.45, 7) is 0. The first-order valence-electron chi connectivity index (χ1n) is 6.18. The molecule has 23 heavy (non-hydrogen) atoms. The van der Waals surface area contributed by atoms with Gasteiger partial charge in [-0.15, -0.1) is 5.10 Å². The van der Waals surface area contributed by atoms with E-state index < -0.39 is 11.7 Å². The molecule has 0 saturated carbocycles. The smallest absolute Gasteiger partial charge is 0.416 e. The minimum absolute atomic E-state index is 0.0149. The average Bonchev–Trinajstić information content (AvgIpc) is 3.14. The quantitative estimate of drug-likeness (QED) is 0.756. The maximum Gasteiger partial charge on any atom is 0.416 e. The van der Waals surface area contributed by atoms with Crippen LogP contribution in [0.5, 0.6) is 0 Å². The third-order valence-electron chi connectivity index (χ3n) is 3.05. The predicted molar refractivity (Wildman–Crippen MR) is 74.2 cm³/mol. The Bertz CT molecular complexity index is 907. The van der Waals surface area contributed by atoms with E-state index in [1.165, 1.54) is 12.1 Å². The van der Waals surface area contributed by atoms with Crippen LogP contribution in [0.2, 0.25) is 5.02 Å². The molecule has 0 amide bonds. The van der Waals surface area contributed by atoms with Crippen molar-refractivity contribution in [2.75, 3.05) is 0 Å². The van der Waals surface area contributed by atoms with Crippen LogP contribution in [-0.4, -0.2) is 15.4 Å². The van der Waals surface area contributed by atoms with Crippen molar-refractivity contribution in [3.63, 3.8) is 0 Å². The normalized spacial score (nSPS) is 11.4. The van der Waals surface area contributed by atoms with Gasteiger partial charge in [0.15, 0.2) is 17.1 Å². The van der Waals surface area contributed by atoms with Gasteiger partial charge in [0.05, 0.1) is 10.6 Å². The van der Waals surface area contributed by atoms with Crippen LogP contribution in [0.4, 0.5) is 13.2 Å². The maximum absolute atomic E-state index is 12.8. The zero-order chi connectivity index (χ0) is 16.6. The number of hydrogen-bond donors (Lipinski definition) is 1. The molecule has 116 valence electrons. The molecule has 1 N–H and O–H groups in total. The third kappa shape index (κ3) is 2.78. The van der Waals surface area contributed by atoms with Crippen LogP contribution >= 0.6 is 11.6 Å². The van der Waals surface area contributed by atoms with Crippen molar-refractivity contribution < 1.29 is 17.6 Å². The number of halogens is 4. The summed E-state index contributed by atoms with van der Waals surface area (Å²) in [7, 11) is 0. The van der Waals surface area contributed by atoms with E-state index in [4.69, 9.17) is 21.3 Å². The molecule has 1 aromatic carbocycles. The molecular weight excluding hydrogens is 333 g/mol. The van der Waals surface area contributed by atoms with Crippen LogP contribution < -0.4 is 0 Å². The molecule has 5 nitrogen and oxygen atoms in total. The van der Waals surface area contributed by atoms with E-state index in [9.17, 15) is 13.2 Å². The highest BCUT2D eigenvalue weighted by Crippen LogP contribution is 2.37. The Morgan fingerprint density at radius 3 is 2.57 bits per heavy atom. The van der Waals surface area contributed by atoms with Crippen molar-refractivity contribution in [1.29, 1.82) is 5.26 Å². The summed E-state index contributed by atoms with van der Waals surface area (Å²) in [6, 6.07) is 7.69. The van der Waals surface area contributed by atoms with Gasteiger partial charge in [0, 0.05) is 5.56 Å². The van der Waals surface area contributed by atoms with Crippen LogP contribution in [-0.2, 0) is 6.18 Å². The molecule has 0 aliphatic heterocycles. The second kappa shape index (κ2) is 5.44. The number of nitriles is 1. The van der Waals surface area contributed by atoms with Gasteiger partial charge in [-0.1, -0.05) is 11.6 Å². The van der Waals surface area contributed by atoms with Gasteiger partial charge in [-0.25, -0.2) is 0 Å². The van der Waals surface area contributed by atoms with Crippen LogP contribution in [0.3, 0.4) is 0 Å². The van der Waals surface area contributed by atoms with E-state index in [0.29, 0.717) is 0 Å². The number of furan rings is 1. The largest absolute Gasteiger partial charge is 0.454 e. The van der Waals surface area contributed by atoms with Gasteiger partial charge in [-0.3, -0.25) is 0 Å². The summed E-state index contributed by atoms with van der Waals surface area (Å²) in [6.07, 6.45) is -4.49. The lowest BCUT2D eigenvalue weighted by Gasteiger charge is -2.09. The molecule has 0 atom stereocenters. The Morgan fingerprint density at radius 2 is 1.87 bits per heavy atom. The number of nitrogens with one attached hydrogen (secondary N) is 1. The van der Waals surface area contributed by atoms with Gasteiger partial charge >= 0.3 is 6.18 Å². The van der Waals surface area contributed by atoms with Gasteiger partial charge in [-0.05, 0) is 30.3 Å². The molecule has 0 fully saturated rings. The number of H-pyrrole nitrogens is 1. The van der Waals surface area contributed by atoms with Crippen molar-refractivity contribution in [2.24, 2.45) is 0 Å². The van der Waals surface area contributed by atoms with E-state index >= 15 is 0 Å². The highest BCUT2D eigenvalue weighted by Gasteiger charge is 2.31. The van der Waals surface area contributed by atoms with Crippen molar-refractivity contribution in [3.05, 3.63) is 46.6 Å². The molecule has 3 rings (SSSR count). The number of benzene rings is 1. The number of nitrogens with zero attached hydrogens (tertiary/aromatic N) is 3. The predicted octanol–water partition coefficient (Wildman–Crippen LogP) is 4.28. The van der Waals surface area contributed by atoms with Crippen molar-refractivity contribution in [1.82, 2.24) is 15.4 Å². The summed E-state index contributed by atoms with van der Waals surface area (Å²) < 4.78 is 43.9. The lowest BCUT2D eigenvalue weighted by molar-refractivity contribution is -0.137. The van der Waals surface area contributed by atoms with Gasteiger partial charge in [0.2, 0.25) is 0 Å². The molecule has 0 aliphatic carbocycles. The SMILES string of the molecule is N#Cc1n[nH]nc1-c1ccc(-c2cc(C(F)(F)F)ccc2Cl)o1. The molecule has 0 unspecified atom stereocenters. The van der Waals surface area contributed by atoms with Crippen LogP contribution in [0.15, 0.2) is 34.7 Å². The molecule has 0 bridgehead atoms. The van der Waals surface area contributed by atoms with Gasteiger partial charge < -0.3 is 4.42 Å². The standard InChI is InChI=1S/C14H6ClF3N4O/c15-9-2-1-7(14(16,17)18)5-8(9)11-3-4-12(23-11)13-10(6-19)20-22-21-13/h1-5H,(H,20,21,22). The zero-order valence-electron chi connectivity index (χ0n) is 11.1. The first-order valence-corrected chi connectivity index (χ1v) is 6.56. The summed E-state index contributed by atoms with van der Waals surface area (Å²) >= 11 is 5.96. The van der Waals surface area contributed by atoms with E-state index in [1.807, 2.05) is 6.07 Å². The second-order valence-electron chi connectivity index (χ2n) is 4.49. The maximum atomic E-state index is 12.8. The van der Waals surface area contributed by atoms with E-state index in [2.05, 4.69) is 15.4 Å². The van der Waals surface area contributed by atoms with Gasteiger partial charge in [-0.2, -0.15) is 28.7 Å². The monoisotopic (exact) mass is 338 g/mol. The Balaban J connectivity index is 2.06. The molecular formula is C14H6ClF3N4O. The van der Waals surface area contributed by atoms with E-state index in [1.54, 1.807) is 0 Å². The first-order chi connectivity index (χ1) is 10.9. The highest BCUT2D eigenvalue weighted by molar-refractivity contribution is 6.33. The fourth-order valence-corrected chi connectivity index (χ4v) is 2.19. The molecule has 2 aromatic heterocycles. The summed E-state index contributed by atoms with van der Waals surface area (Å²) in [5, 5.41) is 18.7. The highest BCUT2D eigenvalue weighted by atomic mass is 35.5. The number of alkyl halides is 3. The fraction of sp³-hybridized carbons (Fsp3) is 0.0714. The molecule has 9 heteroatoms. The number of aromatic nitrogens is 3.